The number of carbonyl (C=O) groups excluding carboxylic acids is 1. The second-order valence-corrected chi connectivity index (χ2v) is 6.43. The van der Waals surface area contributed by atoms with Crippen LogP contribution >= 0.6 is 0 Å². The lowest BCUT2D eigenvalue weighted by atomic mass is 9.86. The van der Waals surface area contributed by atoms with Crippen molar-refractivity contribution >= 4 is 11.7 Å². The first kappa shape index (κ1) is 18.0. The number of urea groups is 1. The standard InChI is InChI=1S/C17H25N3O2/c1-12(2)9-15(21)10-19-16(22)20-14-7-5-13(6-8-14)17(3,4)11-18/h5-8,12,15,21H,9-10H2,1-4H3,(H2,19,20,22)/t15-/m1/s1. The Morgan fingerprint density at radius 3 is 2.41 bits per heavy atom. The summed E-state index contributed by atoms with van der Waals surface area (Å²) in [4.78, 5) is 11.8. The van der Waals surface area contributed by atoms with E-state index < -0.39 is 11.5 Å². The summed E-state index contributed by atoms with van der Waals surface area (Å²) in [6.45, 7) is 7.96. The minimum atomic E-state index is -0.554. The highest BCUT2D eigenvalue weighted by molar-refractivity contribution is 5.89. The molecule has 120 valence electrons. The molecule has 22 heavy (non-hydrogen) atoms. The summed E-state index contributed by atoms with van der Waals surface area (Å²) in [5, 5.41) is 24.2. The van der Waals surface area contributed by atoms with Gasteiger partial charge in [-0.15, -0.1) is 0 Å². The highest BCUT2D eigenvalue weighted by Crippen LogP contribution is 2.23. The van der Waals surface area contributed by atoms with Crippen LogP contribution in [0.1, 0.15) is 39.7 Å². The van der Waals surface area contributed by atoms with Crippen molar-refractivity contribution < 1.29 is 9.90 Å². The minimum absolute atomic E-state index is 0.226. The van der Waals surface area contributed by atoms with Crippen LogP contribution in [0.4, 0.5) is 10.5 Å². The fourth-order valence-electron chi connectivity index (χ4n) is 2.05. The zero-order chi connectivity index (χ0) is 16.8. The number of amides is 2. The Bertz CT molecular complexity index is 530. The van der Waals surface area contributed by atoms with Crippen LogP contribution in [0.3, 0.4) is 0 Å². The number of hydrogen-bond donors (Lipinski definition) is 3. The van der Waals surface area contributed by atoms with Gasteiger partial charge in [0, 0.05) is 12.2 Å². The summed E-state index contributed by atoms with van der Waals surface area (Å²) in [6.07, 6.45) is 0.114. The van der Waals surface area contributed by atoms with Gasteiger partial charge in [0.05, 0.1) is 17.6 Å². The molecular formula is C17H25N3O2. The number of nitriles is 1. The predicted molar refractivity (Wildman–Crippen MR) is 87.6 cm³/mol. The molecule has 1 rings (SSSR count). The molecular weight excluding hydrogens is 278 g/mol. The number of nitrogens with one attached hydrogen (secondary N) is 2. The third kappa shape index (κ3) is 5.74. The van der Waals surface area contributed by atoms with Gasteiger partial charge in [-0.25, -0.2) is 4.79 Å². The number of hydrogen-bond acceptors (Lipinski definition) is 3. The first-order valence-electron chi connectivity index (χ1n) is 7.49. The second kappa shape index (κ2) is 7.81. The van der Waals surface area contributed by atoms with E-state index in [-0.39, 0.29) is 12.6 Å². The average Bonchev–Trinajstić information content (AvgIpc) is 2.45. The Hall–Kier alpha value is -2.06. The number of benzene rings is 1. The molecule has 0 heterocycles. The lowest BCUT2D eigenvalue weighted by molar-refractivity contribution is 0.148. The van der Waals surface area contributed by atoms with Crippen molar-refractivity contribution in [2.24, 2.45) is 5.92 Å². The van der Waals surface area contributed by atoms with Crippen LogP contribution in [0.25, 0.3) is 0 Å². The summed E-state index contributed by atoms with van der Waals surface area (Å²) in [7, 11) is 0. The Balaban J connectivity index is 2.51. The Kier molecular flexibility index (Phi) is 6.39. The molecule has 5 nitrogen and oxygen atoms in total. The zero-order valence-corrected chi connectivity index (χ0v) is 13.7. The molecule has 0 radical (unpaired) electrons. The normalized spacial score (nSPS) is 12.6. The molecule has 0 aliphatic rings. The minimum Gasteiger partial charge on any atom is -0.391 e. The lowest BCUT2D eigenvalue weighted by Gasteiger charge is -2.17. The fraction of sp³-hybridized carbons (Fsp3) is 0.529. The van der Waals surface area contributed by atoms with Crippen LogP contribution < -0.4 is 10.6 Å². The first-order chi connectivity index (χ1) is 10.2. The largest absolute Gasteiger partial charge is 0.391 e. The van der Waals surface area contributed by atoms with Crippen LogP contribution in [0.15, 0.2) is 24.3 Å². The van der Waals surface area contributed by atoms with Crippen molar-refractivity contribution in [2.45, 2.75) is 45.6 Å². The van der Waals surface area contributed by atoms with E-state index in [4.69, 9.17) is 5.26 Å². The van der Waals surface area contributed by atoms with Gasteiger partial charge in [0.15, 0.2) is 0 Å². The van der Waals surface area contributed by atoms with E-state index >= 15 is 0 Å². The van der Waals surface area contributed by atoms with Crippen molar-refractivity contribution in [1.82, 2.24) is 5.32 Å². The predicted octanol–water partition coefficient (Wildman–Crippen LogP) is 3.02. The van der Waals surface area contributed by atoms with Crippen molar-refractivity contribution in [1.29, 1.82) is 5.26 Å². The maximum absolute atomic E-state index is 11.8. The van der Waals surface area contributed by atoms with Crippen LogP contribution in [0.2, 0.25) is 0 Å². The Morgan fingerprint density at radius 1 is 1.32 bits per heavy atom. The van der Waals surface area contributed by atoms with Gasteiger partial charge in [-0.3, -0.25) is 0 Å². The van der Waals surface area contributed by atoms with Gasteiger partial charge in [0.1, 0.15) is 0 Å². The highest BCUT2D eigenvalue weighted by Gasteiger charge is 2.19. The third-order valence-electron chi connectivity index (χ3n) is 3.39. The maximum Gasteiger partial charge on any atom is 0.319 e. The molecule has 2 amide bonds. The van der Waals surface area contributed by atoms with Gasteiger partial charge in [0.25, 0.3) is 0 Å². The summed E-state index contributed by atoms with van der Waals surface area (Å²) in [6, 6.07) is 9.06. The number of rotatable bonds is 6. The van der Waals surface area contributed by atoms with Gasteiger partial charge < -0.3 is 15.7 Å². The molecule has 5 heteroatoms. The maximum atomic E-state index is 11.8. The van der Waals surface area contributed by atoms with Crippen LogP contribution in [0.5, 0.6) is 0 Å². The number of carbonyl (C=O) groups is 1. The van der Waals surface area contributed by atoms with Crippen molar-refractivity contribution in [3.05, 3.63) is 29.8 Å². The Labute approximate surface area is 132 Å². The van der Waals surface area contributed by atoms with Gasteiger partial charge in [-0.05, 0) is 43.9 Å². The van der Waals surface area contributed by atoms with E-state index in [2.05, 4.69) is 16.7 Å². The summed E-state index contributed by atoms with van der Waals surface area (Å²) in [5.74, 6) is 0.385. The average molecular weight is 303 g/mol. The SMILES string of the molecule is CC(C)C[C@@H](O)CNC(=O)Nc1ccc(C(C)(C)C#N)cc1. The molecule has 0 aromatic heterocycles. The van der Waals surface area contributed by atoms with E-state index in [0.717, 1.165) is 5.56 Å². The first-order valence-corrected chi connectivity index (χ1v) is 7.49. The van der Waals surface area contributed by atoms with E-state index in [1.54, 1.807) is 12.1 Å². The monoisotopic (exact) mass is 303 g/mol. The van der Waals surface area contributed by atoms with Gasteiger partial charge in [-0.1, -0.05) is 26.0 Å². The third-order valence-corrected chi connectivity index (χ3v) is 3.39. The van der Waals surface area contributed by atoms with Crippen molar-refractivity contribution in [3.63, 3.8) is 0 Å². The Morgan fingerprint density at radius 2 is 1.91 bits per heavy atom. The highest BCUT2D eigenvalue weighted by atomic mass is 16.3. The number of nitrogens with zero attached hydrogens (tertiary/aromatic N) is 1. The van der Waals surface area contributed by atoms with Crippen LogP contribution in [-0.2, 0) is 5.41 Å². The molecule has 0 saturated heterocycles. The number of anilines is 1. The molecule has 0 aliphatic heterocycles. The molecule has 0 bridgehead atoms. The fourth-order valence-corrected chi connectivity index (χ4v) is 2.05. The molecule has 0 fully saturated rings. The van der Waals surface area contributed by atoms with Gasteiger partial charge in [-0.2, -0.15) is 5.26 Å². The summed E-state index contributed by atoms with van der Waals surface area (Å²) < 4.78 is 0. The van der Waals surface area contributed by atoms with Crippen molar-refractivity contribution in [3.8, 4) is 6.07 Å². The van der Waals surface area contributed by atoms with Crippen LogP contribution in [0, 0.1) is 17.2 Å². The van der Waals surface area contributed by atoms with E-state index in [0.29, 0.717) is 18.0 Å². The summed E-state index contributed by atoms with van der Waals surface area (Å²) in [5.41, 5.74) is 0.989. The molecule has 0 aliphatic carbocycles. The zero-order valence-electron chi connectivity index (χ0n) is 13.7. The molecule has 0 saturated carbocycles. The number of aliphatic hydroxyl groups is 1. The molecule has 1 atom stereocenters. The van der Waals surface area contributed by atoms with E-state index in [1.165, 1.54) is 0 Å². The molecule has 0 unspecified atom stereocenters. The van der Waals surface area contributed by atoms with E-state index in [1.807, 2.05) is 39.8 Å². The molecule has 0 spiro atoms. The van der Waals surface area contributed by atoms with Gasteiger partial charge in [0.2, 0.25) is 0 Å². The molecule has 1 aromatic carbocycles. The van der Waals surface area contributed by atoms with Crippen LogP contribution in [-0.4, -0.2) is 23.8 Å². The quantitative estimate of drug-likeness (QED) is 0.755. The second-order valence-electron chi connectivity index (χ2n) is 6.43. The van der Waals surface area contributed by atoms with Crippen molar-refractivity contribution in [2.75, 3.05) is 11.9 Å². The molecule has 1 aromatic rings. The smallest absolute Gasteiger partial charge is 0.319 e. The molecule has 3 N–H and O–H groups in total. The van der Waals surface area contributed by atoms with E-state index in [9.17, 15) is 9.90 Å². The lowest BCUT2D eigenvalue weighted by Crippen LogP contribution is -2.35. The number of aliphatic hydroxyl groups excluding tert-OH is 1. The summed E-state index contributed by atoms with van der Waals surface area (Å²) >= 11 is 0. The topological polar surface area (TPSA) is 85.2 Å². The van der Waals surface area contributed by atoms with Gasteiger partial charge >= 0.3 is 6.03 Å².